The summed E-state index contributed by atoms with van der Waals surface area (Å²) in [6, 6.07) is 12.5. The number of aromatic nitrogens is 2. The Hall–Kier alpha value is -4.22. The van der Waals surface area contributed by atoms with E-state index in [1.54, 1.807) is 11.1 Å². The van der Waals surface area contributed by atoms with Crippen LogP contribution >= 0.6 is 0 Å². The molecule has 0 radical (unpaired) electrons. The number of hydrogen-bond donors (Lipinski definition) is 4. The number of carbonyl (C=O) groups excluding carboxylic acids is 2. The molecule has 0 bridgehead atoms. The van der Waals surface area contributed by atoms with Gasteiger partial charge < -0.3 is 30.4 Å². The van der Waals surface area contributed by atoms with Gasteiger partial charge in [0.2, 0.25) is 0 Å². The molecular weight excluding hydrogens is 582 g/mol. The van der Waals surface area contributed by atoms with Crippen molar-refractivity contribution < 1.29 is 19.1 Å². The van der Waals surface area contributed by atoms with Gasteiger partial charge in [0.15, 0.2) is 0 Å². The Balaban J connectivity index is 1.27. The van der Waals surface area contributed by atoms with E-state index in [0.29, 0.717) is 37.1 Å². The molecule has 0 aliphatic carbocycles. The predicted molar refractivity (Wildman–Crippen MR) is 178 cm³/mol. The molecule has 3 aromatic rings. The third kappa shape index (κ3) is 6.66. The number of rotatable bonds is 8. The molecular formula is C35H45N7O4. The monoisotopic (exact) mass is 627 g/mol. The molecule has 11 nitrogen and oxygen atoms in total. The van der Waals surface area contributed by atoms with Crippen LogP contribution in [0, 0.1) is 0 Å². The summed E-state index contributed by atoms with van der Waals surface area (Å²) in [5, 5.41) is 10.5. The first kappa shape index (κ1) is 31.7. The molecule has 2 saturated heterocycles. The third-order valence-electron chi connectivity index (χ3n) is 8.87. The van der Waals surface area contributed by atoms with Crippen molar-refractivity contribution in [3.63, 3.8) is 0 Å². The Morgan fingerprint density at radius 1 is 1.07 bits per heavy atom. The van der Waals surface area contributed by atoms with Crippen LogP contribution < -0.4 is 16.0 Å². The number of nitrogens with one attached hydrogen (secondary N) is 4. The van der Waals surface area contributed by atoms with Crippen LogP contribution in [0.25, 0.3) is 22.4 Å². The van der Waals surface area contributed by atoms with Crippen LogP contribution in [0.1, 0.15) is 85.8 Å². The highest BCUT2D eigenvalue weighted by atomic mass is 16.6. The van der Waals surface area contributed by atoms with Crippen LogP contribution in [0.5, 0.6) is 0 Å². The summed E-state index contributed by atoms with van der Waals surface area (Å²) < 4.78 is 10.9. The van der Waals surface area contributed by atoms with Gasteiger partial charge in [0.1, 0.15) is 17.3 Å². The van der Waals surface area contributed by atoms with E-state index in [-0.39, 0.29) is 18.2 Å². The summed E-state index contributed by atoms with van der Waals surface area (Å²) in [6.45, 7) is 8.59. The fourth-order valence-electron chi connectivity index (χ4n) is 6.67. The standard InChI is InChI=1S/C35H45N7O4/c1-35(2,3)46-34(44)42-15-7-9-30(42)32-39-20-29(41-32)22-11-13-25(26(17-22)33(43)45-5)24-12-10-21(16-23(24)18-36-4)28-19-38-31(40-28)27-8-6-14-37-27/h10-13,16-17,20,27-28,30,36-37H,6-9,14-15,18-19H2,1-5H3,(H,38,40)(H,39,41)/t27-,28?,30-/m0/s1. The number of hydrogen-bond acceptors (Lipinski definition) is 9. The van der Waals surface area contributed by atoms with E-state index in [0.717, 1.165) is 59.6 Å². The Kier molecular flexibility index (Phi) is 9.15. The topological polar surface area (TPSA) is 133 Å². The van der Waals surface area contributed by atoms with Crippen molar-refractivity contribution in [3.8, 4) is 22.4 Å². The fraction of sp³-hybridized carbons (Fsp3) is 0.486. The number of likely N-dealkylation sites (tertiary alicyclic amines) is 1. The summed E-state index contributed by atoms with van der Waals surface area (Å²) in [6.07, 6.45) is 5.37. The molecule has 0 saturated carbocycles. The third-order valence-corrected chi connectivity index (χ3v) is 8.87. The van der Waals surface area contributed by atoms with Crippen LogP contribution in [0.3, 0.4) is 0 Å². The molecule has 11 heteroatoms. The van der Waals surface area contributed by atoms with Crippen LogP contribution in [-0.4, -0.2) is 78.2 Å². The molecule has 4 N–H and O–H groups in total. The zero-order valence-electron chi connectivity index (χ0n) is 27.4. The molecule has 244 valence electrons. The first-order chi connectivity index (χ1) is 22.1. The number of benzene rings is 2. The van der Waals surface area contributed by atoms with E-state index in [1.165, 1.54) is 19.1 Å². The van der Waals surface area contributed by atoms with Crippen molar-refractivity contribution in [1.82, 2.24) is 30.8 Å². The van der Waals surface area contributed by atoms with E-state index < -0.39 is 11.6 Å². The lowest BCUT2D eigenvalue weighted by molar-refractivity contribution is 0.0218. The minimum Gasteiger partial charge on any atom is -0.465 e. The Labute approximate surface area is 270 Å². The Bertz CT molecular complexity index is 1620. The number of H-pyrrole nitrogens is 1. The Morgan fingerprint density at radius 2 is 1.89 bits per heavy atom. The number of amides is 1. The highest BCUT2D eigenvalue weighted by molar-refractivity contribution is 5.99. The SMILES string of the molecule is CNCc1cc(C2CN=C([C@@H]3CCCN3)N2)ccc1-c1ccc(-c2cnc([C@@H]3CCCN3C(=O)OC(C)(C)C)[nH]2)cc1C(=O)OC. The quantitative estimate of drug-likeness (QED) is 0.253. The van der Waals surface area contributed by atoms with Gasteiger partial charge in [-0.05, 0) is 88.4 Å². The molecule has 4 heterocycles. The zero-order chi connectivity index (χ0) is 32.4. The summed E-state index contributed by atoms with van der Waals surface area (Å²) >= 11 is 0. The number of esters is 1. The molecule has 2 fully saturated rings. The Morgan fingerprint density at radius 3 is 2.63 bits per heavy atom. The molecule has 46 heavy (non-hydrogen) atoms. The molecule has 0 spiro atoms. The maximum atomic E-state index is 13.2. The van der Waals surface area contributed by atoms with Crippen molar-refractivity contribution in [2.75, 3.05) is 33.8 Å². The lowest BCUT2D eigenvalue weighted by Gasteiger charge is -2.27. The van der Waals surface area contributed by atoms with Gasteiger partial charge in [-0.25, -0.2) is 14.6 Å². The zero-order valence-corrected chi connectivity index (χ0v) is 27.4. The molecule has 2 aromatic carbocycles. The molecule has 3 aliphatic heterocycles. The fourth-order valence-corrected chi connectivity index (χ4v) is 6.67. The van der Waals surface area contributed by atoms with E-state index in [2.05, 4.69) is 44.1 Å². The van der Waals surface area contributed by atoms with Crippen LogP contribution in [0.15, 0.2) is 47.6 Å². The summed E-state index contributed by atoms with van der Waals surface area (Å²) in [5.74, 6) is 1.34. The lowest BCUT2D eigenvalue weighted by Crippen LogP contribution is -2.39. The van der Waals surface area contributed by atoms with Crippen LogP contribution in [0.4, 0.5) is 4.79 Å². The van der Waals surface area contributed by atoms with Crippen LogP contribution in [-0.2, 0) is 16.0 Å². The van der Waals surface area contributed by atoms with Gasteiger partial charge in [-0.15, -0.1) is 0 Å². The highest BCUT2D eigenvalue weighted by Crippen LogP contribution is 2.36. The number of amidine groups is 1. The number of methoxy groups -OCH3 is 1. The van der Waals surface area contributed by atoms with E-state index >= 15 is 0 Å². The molecule has 3 aliphatic rings. The van der Waals surface area contributed by atoms with Gasteiger partial charge in [0.25, 0.3) is 0 Å². The smallest absolute Gasteiger partial charge is 0.410 e. The molecule has 3 atom stereocenters. The second-order valence-electron chi connectivity index (χ2n) is 13.3. The van der Waals surface area contributed by atoms with Crippen molar-refractivity contribution in [2.45, 2.75) is 76.7 Å². The number of ether oxygens (including phenoxy) is 2. The maximum Gasteiger partial charge on any atom is 0.410 e. The van der Waals surface area contributed by atoms with Crippen molar-refractivity contribution in [2.24, 2.45) is 4.99 Å². The van der Waals surface area contributed by atoms with Crippen molar-refractivity contribution in [3.05, 3.63) is 65.1 Å². The number of carbonyl (C=O) groups is 2. The molecule has 6 rings (SSSR count). The first-order valence-electron chi connectivity index (χ1n) is 16.2. The summed E-state index contributed by atoms with van der Waals surface area (Å²) in [4.78, 5) is 40.7. The van der Waals surface area contributed by atoms with Crippen molar-refractivity contribution >= 4 is 17.9 Å². The highest BCUT2D eigenvalue weighted by Gasteiger charge is 2.35. The molecule has 1 aromatic heterocycles. The normalized spacial score (nSPS) is 21.3. The second kappa shape index (κ2) is 13.3. The van der Waals surface area contributed by atoms with E-state index in [1.807, 2.05) is 46.0 Å². The van der Waals surface area contributed by atoms with Gasteiger partial charge >= 0.3 is 12.1 Å². The minimum atomic E-state index is -0.573. The first-order valence-corrected chi connectivity index (χ1v) is 16.2. The predicted octanol–water partition coefficient (Wildman–Crippen LogP) is 5.12. The maximum absolute atomic E-state index is 13.2. The van der Waals surface area contributed by atoms with Gasteiger partial charge in [-0.2, -0.15) is 0 Å². The summed E-state index contributed by atoms with van der Waals surface area (Å²) in [5.41, 5.74) is 5.46. The van der Waals surface area contributed by atoms with Gasteiger partial charge in [-0.1, -0.05) is 30.3 Å². The van der Waals surface area contributed by atoms with E-state index in [9.17, 15) is 9.59 Å². The second-order valence-corrected chi connectivity index (χ2v) is 13.3. The average molecular weight is 628 g/mol. The minimum absolute atomic E-state index is 0.116. The number of imidazole rings is 1. The van der Waals surface area contributed by atoms with Crippen LogP contribution in [0.2, 0.25) is 0 Å². The van der Waals surface area contributed by atoms with Gasteiger partial charge in [-0.3, -0.25) is 9.89 Å². The largest absolute Gasteiger partial charge is 0.465 e. The van der Waals surface area contributed by atoms with Crippen molar-refractivity contribution in [1.29, 1.82) is 0 Å². The molecule has 1 amide bonds. The average Bonchev–Trinajstić information content (AvgIpc) is 3.85. The van der Waals surface area contributed by atoms with Gasteiger partial charge in [0, 0.05) is 18.7 Å². The number of aromatic amines is 1. The van der Waals surface area contributed by atoms with Gasteiger partial charge in [0.05, 0.1) is 49.2 Å². The lowest BCUT2D eigenvalue weighted by atomic mass is 9.91. The number of nitrogens with zero attached hydrogens (tertiary/aromatic N) is 3. The van der Waals surface area contributed by atoms with E-state index in [4.69, 9.17) is 14.5 Å². The summed E-state index contributed by atoms with van der Waals surface area (Å²) in [7, 11) is 3.32. The number of aliphatic imine (C=N–C) groups is 1. The molecule has 1 unspecified atom stereocenters.